The first kappa shape index (κ1) is 14.3. The van der Waals surface area contributed by atoms with E-state index in [1.165, 1.54) is 17.4 Å². The molecule has 0 amide bonds. The SMILES string of the molecule is O=[N+]([O-])c1cc(CBr)ccc1OCc1ccc(Cl)s1. The molecule has 0 aliphatic heterocycles. The van der Waals surface area contributed by atoms with Crippen LogP contribution in [0.4, 0.5) is 5.69 Å². The van der Waals surface area contributed by atoms with Crippen LogP contribution in [-0.4, -0.2) is 4.92 Å². The van der Waals surface area contributed by atoms with Gasteiger partial charge in [-0.05, 0) is 23.8 Å². The summed E-state index contributed by atoms with van der Waals surface area (Å²) in [7, 11) is 0. The molecule has 0 aliphatic rings. The van der Waals surface area contributed by atoms with Crippen LogP contribution in [0, 0.1) is 10.1 Å². The third-order valence-electron chi connectivity index (χ3n) is 2.37. The van der Waals surface area contributed by atoms with Crippen LogP contribution >= 0.6 is 38.9 Å². The minimum atomic E-state index is -0.442. The lowest BCUT2D eigenvalue weighted by molar-refractivity contribution is -0.386. The van der Waals surface area contributed by atoms with Gasteiger partial charge in [-0.1, -0.05) is 33.6 Å². The van der Waals surface area contributed by atoms with Crippen LogP contribution in [0.1, 0.15) is 10.4 Å². The maximum Gasteiger partial charge on any atom is 0.311 e. The Hall–Kier alpha value is -1.11. The van der Waals surface area contributed by atoms with Gasteiger partial charge in [0.2, 0.25) is 0 Å². The standard InChI is InChI=1S/C12H9BrClNO3S/c13-6-8-1-3-11(10(5-8)15(16)17)18-7-9-2-4-12(14)19-9/h1-5H,6-7H2. The quantitative estimate of drug-likeness (QED) is 0.437. The van der Waals surface area contributed by atoms with Crippen molar-refractivity contribution in [2.75, 3.05) is 0 Å². The third-order valence-corrected chi connectivity index (χ3v) is 4.23. The highest BCUT2D eigenvalue weighted by molar-refractivity contribution is 9.08. The Morgan fingerprint density at radius 2 is 2.16 bits per heavy atom. The van der Waals surface area contributed by atoms with Crippen LogP contribution in [0.3, 0.4) is 0 Å². The number of rotatable bonds is 5. The Morgan fingerprint density at radius 3 is 2.74 bits per heavy atom. The van der Waals surface area contributed by atoms with Crippen LogP contribution in [0.15, 0.2) is 30.3 Å². The van der Waals surface area contributed by atoms with E-state index in [-0.39, 0.29) is 18.0 Å². The summed E-state index contributed by atoms with van der Waals surface area (Å²) < 4.78 is 6.16. The summed E-state index contributed by atoms with van der Waals surface area (Å²) in [6.45, 7) is 0.270. The van der Waals surface area contributed by atoms with Crippen molar-refractivity contribution in [3.8, 4) is 5.75 Å². The molecule has 0 atom stereocenters. The van der Waals surface area contributed by atoms with Crippen LogP contribution in [-0.2, 0) is 11.9 Å². The lowest BCUT2D eigenvalue weighted by atomic mass is 10.2. The third kappa shape index (κ3) is 3.68. The second-order valence-corrected chi connectivity index (χ2v) is 6.05. The van der Waals surface area contributed by atoms with Crippen molar-refractivity contribution in [2.45, 2.75) is 11.9 Å². The smallest absolute Gasteiger partial charge is 0.311 e. The fraction of sp³-hybridized carbons (Fsp3) is 0.167. The van der Waals surface area contributed by atoms with Crippen molar-refractivity contribution in [3.63, 3.8) is 0 Å². The van der Waals surface area contributed by atoms with Crippen LogP contribution in [0.2, 0.25) is 4.34 Å². The van der Waals surface area contributed by atoms with E-state index in [9.17, 15) is 10.1 Å². The Morgan fingerprint density at radius 1 is 1.37 bits per heavy atom. The van der Waals surface area contributed by atoms with E-state index in [1.807, 2.05) is 6.07 Å². The topological polar surface area (TPSA) is 52.4 Å². The number of benzene rings is 1. The molecule has 0 N–H and O–H groups in total. The lowest BCUT2D eigenvalue weighted by Gasteiger charge is -2.06. The van der Waals surface area contributed by atoms with Gasteiger partial charge in [-0.25, -0.2) is 0 Å². The van der Waals surface area contributed by atoms with Crippen molar-refractivity contribution in [1.82, 2.24) is 0 Å². The molecule has 0 spiro atoms. The van der Waals surface area contributed by atoms with Crippen molar-refractivity contribution >= 4 is 44.6 Å². The summed E-state index contributed by atoms with van der Waals surface area (Å²) in [5.41, 5.74) is 0.804. The molecule has 2 aromatic rings. The summed E-state index contributed by atoms with van der Waals surface area (Å²) in [5, 5.41) is 11.6. The molecule has 0 saturated carbocycles. The van der Waals surface area contributed by atoms with Gasteiger partial charge in [0.25, 0.3) is 0 Å². The summed E-state index contributed by atoms with van der Waals surface area (Å²) in [6.07, 6.45) is 0. The molecule has 0 saturated heterocycles. The predicted octanol–water partition coefficient (Wildman–Crippen LogP) is 4.78. The fourth-order valence-corrected chi connectivity index (χ4v) is 2.84. The summed E-state index contributed by atoms with van der Waals surface area (Å²) >= 11 is 10.5. The van der Waals surface area contributed by atoms with Gasteiger partial charge in [0.1, 0.15) is 6.61 Å². The summed E-state index contributed by atoms with van der Waals surface area (Å²) in [6, 6.07) is 8.52. The molecule has 1 aromatic carbocycles. The second kappa shape index (κ2) is 6.36. The molecule has 100 valence electrons. The van der Waals surface area contributed by atoms with Gasteiger partial charge in [0.15, 0.2) is 5.75 Å². The Kier molecular flexibility index (Phi) is 4.79. The van der Waals surface area contributed by atoms with Crippen LogP contribution < -0.4 is 4.74 Å². The first-order chi connectivity index (χ1) is 9.10. The molecule has 19 heavy (non-hydrogen) atoms. The molecular weight excluding hydrogens is 354 g/mol. The molecule has 0 aliphatic carbocycles. The number of halogens is 2. The molecule has 0 bridgehead atoms. The zero-order chi connectivity index (χ0) is 13.8. The summed E-state index contributed by atoms with van der Waals surface area (Å²) in [4.78, 5) is 11.5. The fourth-order valence-electron chi connectivity index (χ4n) is 1.49. The normalized spacial score (nSPS) is 10.4. The van der Waals surface area contributed by atoms with E-state index in [1.54, 1.807) is 18.2 Å². The van der Waals surface area contributed by atoms with E-state index in [0.29, 0.717) is 9.67 Å². The van der Waals surface area contributed by atoms with Gasteiger partial charge >= 0.3 is 5.69 Å². The molecule has 0 fully saturated rings. The number of nitro benzene ring substituents is 1. The maximum atomic E-state index is 11.0. The van der Waals surface area contributed by atoms with E-state index >= 15 is 0 Å². The lowest BCUT2D eigenvalue weighted by Crippen LogP contribution is -1.98. The van der Waals surface area contributed by atoms with Gasteiger partial charge in [0.05, 0.1) is 9.26 Å². The highest BCUT2D eigenvalue weighted by atomic mass is 79.9. The minimum absolute atomic E-state index is 0.0281. The number of thiophene rings is 1. The number of hydrogen-bond donors (Lipinski definition) is 0. The average Bonchev–Trinajstić information content (AvgIpc) is 2.82. The van der Waals surface area contributed by atoms with Crippen molar-refractivity contribution < 1.29 is 9.66 Å². The zero-order valence-electron chi connectivity index (χ0n) is 9.64. The number of hydrogen-bond acceptors (Lipinski definition) is 4. The molecule has 7 heteroatoms. The largest absolute Gasteiger partial charge is 0.481 e. The number of nitro groups is 1. The minimum Gasteiger partial charge on any atom is -0.481 e. The highest BCUT2D eigenvalue weighted by Crippen LogP contribution is 2.30. The van der Waals surface area contributed by atoms with Gasteiger partial charge in [-0.3, -0.25) is 10.1 Å². The first-order valence-corrected chi connectivity index (χ1v) is 7.62. The average molecular weight is 363 g/mol. The molecule has 0 radical (unpaired) electrons. The van der Waals surface area contributed by atoms with E-state index in [2.05, 4.69) is 15.9 Å². The number of nitrogens with zero attached hydrogens (tertiary/aromatic N) is 1. The monoisotopic (exact) mass is 361 g/mol. The molecule has 0 unspecified atom stereocenters. The van der Waals surface area contributed by atoms with Crippen molar-refractivity contribution in [1.29, 1.82) is 0 Å². The van der Waals surface area contributed by atoms with Gasteiger partial charge < -0.3 is 4.74 Å². The summed E-state index contributed by atoms with van der Waals surface area (Å²) in [5.74, 6) is 0.263. The zero-order valence-corrected chi connectivity index (χ0v) is 12.8. The number of alkyl halides is 1. The molecule has 1 aromatic heterocycles. The van der Waals surface area contributed by atoms with E-state index in [4.69, 9.17) is 16.3 Å². The van der Waals surface area contributed by atoms with Crippen LogP contribution in [0.5, 0.6) is 5.75 Å². The highest BCUT2D eigenvalue weighted by Gasteiger charge is 2.16. The Balaban J connectivity index is 2.17. The van der Waals surface area contributed by atoms with Gasteiger partial charge in [0, 0.05) is 16.3 Å². The molecule has 4 nitrogen and oxygen atoms in total. The molecule has 1 heterocycles. The number of ether oxygens (including phenoxy) is 1. The second-order valence-electron chi connectivity index (χ2n) is 3.69. The molecule has 2 rings (SSSR count). The van der Waals surface area contributed by atoms with Gasteiger partial charge in [-0.15, -0.1) is 11.3 Å². The first-order valence-electron chi connectivity index (χ1n) is 5.30. The predicted molar refractivity (Wildman–Crippen MR) is 79.4 cm³/mol. The van der Waals surface area contributed by atoms with Gasteiger partial charge in [-0.2, -0.15) is 0 Å². The van der Waals surface area contributed by atoms with Crippen LogP contribution in [0.25, 0.3) is 0 Å². The van der Waals surface area contributed by atoms with Crippen molar-refractivity contribution in [2.24, 2.45) is 0 Å². The Labute approximate surface area is 127 Å². The molecular formula is C12H9BrClNO3S. The van der Waals surface area contributed by atoms with E-state index < -0.39 is 4.92 Å². The maximum absolute atomic E-state index is 11.0. The van der Waals surface area contributed by atoms with E-state index in [0.717, 1.165) is 10.4 Å². The van der Waals surface area contributed by atoms with Crippen molar-refractivity contribution in [3.05, 3.63) is 55.2 Å². The Bertz CT molecular complexity index is 602.